The van der Waals surface area contributed by atoms with E-state index < -0.39 is 36.3 Å². The summed E-state index contributed by atoms with van der Waals surface area (Å²) < 4.78 is 60.2. The highest BCUT2D eigenvalue weighted by atomic mass is 19.3. The number of rotatable bonds is 9. The fraction of sp³-hybridized carbons (Fsp3) is 0.421. The molecule has 2 unspecified atom stereocenters. The van der Waals surface area contributed by atoms with Crippen molar-refractivity contribution < 1.29 is 32.2 Å². The molecule has 2 aromatic carbocycles. The highest BCUT2D eigenvalue weighted by Gasteiger charge is 2.48. The van der Waals surface area contributed by atoms with Crippen molar-refractivity contribution in [2.45, 2.75) is 43.8 Å². The third-order valence-electron chi connectivity index (χ3n) is 10.5. The first-order chi connectivity index (χ1) is 25.4. The van der Waals surface area contributed by atoms with Crippen LogP contribution in [0.15, 0.2) is 59.8 Å². The lowest BCUT2D eigenvalue weighted by atomic mass is 9.96. The molecule has 53 heavy (non-hydrogen) atoms. The van der Waals surface area contributed by atoms with Crippen LogP contribution < -0.4 is 30.6 Å². The largest absolute Gasteiger partial charge is 0.496 e. The first-order valence-corrected chi connectivity index (χ1v) is 17.6. The zero-order valence-corrected chi connectivity index (χ0v) is 29.8. The number of amides is 2. The molecule has 3 fully saturated rings. The van der Waals surface area contributed by atoms with E-state index in [1.807, 2.05) is 21.9 Å². The summed E-state index contributed by atoms with van der Waals surface area (Å²) in [5.74, 6) is -3.27. The Labute approximate surface area is 304 Å². The Morgan fingerprint density at radius 2 is 1.70 bits per heavy atom. The molecular weight excluding hydrogens is 691 g/mol. The van der Waals surface area contributed by atoms with E-state index in [2.05, 4.69) is 15.6 Å². The van der Waals surface area contributed by atoms with Gasteiger partial charge >= 0.3 is 0 Å². The monoisotopic (exact) mass is 733 g/mol. The molecule has 2 N–H and O–H groups in total. The molecular formula is C38H42F3N7O5. The van der Waals surface area contributed by atoms with Crippen LogP contribution in [-0.2, 0) is 23.2 Å². The van der Waals surface area contributed by atoms with E-state index in [0.29, 0.717) is 73.0 Å². The number of methoxy groups -OCH3 is 2. The highest BCUT2D eigenvalue weighted by molar-refractivity contribution is 6.01. The minimum absolute atomic E-state index is 0.166. The lowest BCUT2D eigenvalue weighted by molar-refractivity contribution is -0.133. The second kappa shape index (κ2) is 14.7. The topological polar surface area (TPSA) is 121 Å². The predicted molar refractivity (Wildman–Crippen MR) is 194 cm³/mol. The number of hydrogen-bond acceptors (Lipinski definition) is 10. The summed E-state index contributed by atoms with van der Waals surface area (Å²) in [5.41, 5.74) is 2.81. The number of piperidine rings is 2. The van der Waals surface area contributed by atoms with Gasteiger partial charge in [-0.2, -0.15) is 0 Å². The second-order valence-electron chi connectivity index (χ2n) is 13.9. The third kappa shape index (κ3) is 7.27. The maximum Gasteiger partial charge on any atom is 0.275 e. The Morgan fingerprint density at radius 1 is 0.962 bits per heavy atom. The van der Waals surface area contributed by atoms with Gasteiger partial charge in [0.2, 0.25) is 11.8 Å². The van der Waals surface area contributed by atoms with Crippen molar-refractivity contribution in [3.05, 3.63) is 76.7 Å². The van der Waals surface area contributed by atoms with Gasteiger partial charge in [-0.15, -0.1) is 0 Å². The number of imide groups is 1. The van der Waals surface area contributed by atoms with Gasteiger partial charge in [-0.05, 0) is 60.2 Å². The summed E-state index contributed by atoms with van der Waals surface area (Å²) in [6.07, 6.45) is 5.70. The van der Waals surface area contributed by atoms with Crippen LogP contribution in [-0.4, -0.2) is 103 Å². The molecule has 0 aliphatic carbocycles. The van der Waals surface area contributed by atoms with Crippen LogP contribution in [0.4, 0.5) is 24.5 Å². The molecule has 12 nitrogen and oxygen atoms in total. The van der Waals surface area contributed by atoms with Crippen molar-refractivity contribution in [3.8, 4) is 22.6 Å². The number of aryl methyl sites for hydroxylation is 1. The van der Waals surface area contributed by atoms with Crippen molar-refractivity contribution in [2.75, 3.05) is 63.7 Å². The molecule has 280 valence electrons. The van der Waals surface area contributed by atoms with Crippen LogP contribution >= 0.6 is 0 Å². The summed E-state index contributed by atoms with van der Waals surface area (Å²) >= 11 is 0. The third-order valence-corrected chi connectivity index (χ3v) is 10.5. The summed E-state index contributed by atoms with van der Waals surface area (Å²) in [5, 5.41) is 6.47. The summed E-state index contributed by atoms with van der Waals surface area (Å²) in [6, 6.07) is 8.51. The van der Waals surface area contributed by atoms with Crippen LogP contribution in [0, 0.1) is 5.82 Å². The van der Waals surface area contributed by atoms with Gasteiger partial charge in [-0.25, -0.2) is 13.2 Å². The average molecular weight is 734 g/mol. The average Bonchev–Trinajstić information content (AvgIpc) is 3.14. The first kappa shape index (κ1) is 36.2. The molecule has 0 bridgehead atoms. The Bertz CT molecular complexity index is 2080. The molecule has 4 aromatic rings. The number of likely N-dealkylation sites (tertiary alicyclic amines) is 1. The van der Waals surface area contributed by atoms with E-state index in [0.717, 1.165) is 16.5 Å². The molecule has 3 aliphatic heterocycles. The number of fused-ring (bicyclic) bond motifs is 1. The van der Waals surface area contributed by atoms with Gasteiger partial charge in [0.1, 0.15) is 23.4 Å². The van der Waals surface area contributed by atoms with Crippen molar-refractivity contribution in [1.29, 1.82) is 0 Å². The van der Waals surface area contributed by atoms with Gasteiger partial charge in [0, 0.05) is 82.6 Å². The molecule has 0 spiro atoms. The lowest BCUT2D eigenvalue weighted by Crippen LogP contribution is -2.61. The van der Waals surface area contributed by atoms with Gasteiger partial charge in [0.05, 0.1) is 43.4 Å². The van der Waals surface area contributed by atoms with E-state index in [1.54, 1.807) is 48.7 Å². The minimum atomic E-state index is -3.00. The highest BCUT2D eigenvalue weighted by Crippen LogP contribution is 2.40. The van der Waals surface area contributed by atoms with Crippen molar-refractivity contribution >= 4 is 34.0 Å². The summed E-state index contributed by atoms with van der Waals surface area (Å²) in [6.45, 7) is 1.66. The van der Waals surface area contributed by atoms with Crippen LogP contribution in [0.3, 0.4) is 0 Å². The molecule has 3 aliphatic rings. The molecule has 0 saturated carbocycles. The number of anilines is 2. The molecule has 15 heteroatoms. The normalized spacial score (nSPS) is 21.1. The molecule has 0 radical (unpaired) electrons. The van der Waals surface area contributed by atoms with Crippen LogP contribution in [0.25, 0.3) is 21.9 Å². The van der Waals surface area contributed by atoms with E-state index in [4.69, 9.17) is 9.47 Å². The number of ether oxygens (including phenoxy) is 2. The number of nitrogens with zero attached hydrogens (tertiary/aromatic N) is 5. The zero-order chi connectivity index (χ0) is 37.4. The minimum Gasteiger partial charge on any atom is -0.496 e. The number of carbonyl (C=O) groups is 2. The fourth-order valence-corrected chi connectivity index (χ4v) is 7.80. The first-order valence-electron chi connectivity index (χ1n) is 17.6. The summed E-state index contributed by atoms with van der Waals surface area (Å²) in [7, 11) is 4.74. The number of nitrogens with one attached hydrogen (secondary N) is 2. The quantitative estimate of drug-likeness (QED) is 0.244. The molecule has 2 amide bonds. The standard InChI is InChI=1S/C38H42F3N7O5/c1-45-20-27(25-8-10-42-19-26(25)37(45)51)23-16-32(52-2)28(33(17-23)53-3)21-46-11-9-34(38(40,41)22-46)48-14-12-47(13-15-48)31-6-4-24(18-29(31)39)43-30-5-7-35(49)44-36(30)50/h4,6,8,10,16-20,30,34,43H,5,7,9,11-15,21-22H2,1-3H3,(H,44,49,50). The second-order valence-corrected chi connectivity index (χ2v) is 13.9. The van der Waals surface area contributed by atoms with Gasteiger partial charge in [-0.3, -0.25) is 34.5 Å². The molecule has 2 atom stereocenters. The van der Waals surface area contributed by atoms with Crippen molar-refractivity contribution in [1.82, 2.24) is 24.7 Å². The smallest absolute Gasteiger partial charge is 0.275 e. The molecule has 7 rings (SSSR count). The van der Waals surface area contributed by atoms with E-state index in [1.165, 1.54) is 24.9 Å². The van der Waals surface area contributed by atoms with E-state index in [9.17, 15) is 14.4 Å². The number of piperazine rings is 1. The number of carbonyl (C=O) groups excluding carboxylic acids is 2. The maximum absolute atomic E-state index is 15.9. The van der Waals surface area contributed by atoms with Crippen LogP contribution in [0.2, 0.25) is 0 Å². The SMILES string of the molecule is COc1cc(-c2cn(C)c(=O)c3cnccc23)cc(OC)c1CN1CCC(N2CCN(c3ccc(NC4CCC(=O)NC4=O)cc3F)CC2)C(F)(F)C1. The maximum atomic E-state index is 15.9. The number of pyridine rings is 2. The zero-order valence-electron chi connectivity index (χ0n) is 29.8. The van der Waals surface area contributed by atoms with E-state index in [-0.39, 0.29) is 30.9 Å². The Hall–Kier alpha value is -5.15. The molecule has 5 heterocycles. The molecule has 3 saturated heterocycles. The van der Waals surface area contributed by atoms with Gasteiger partial charge in [0.25, 0.3) is 11.5 Å². The predicted octanol–water partition coefficient (Wildman–Crippen LogP) is 4.01. The lowest BCUT2D eigenvalue weighted by Gasteiger charge is -2.46. The number of alkyl halides is 2. The Balaban J connectivity index is 0.999. The van der Waals surface area contributed by atoms with Crippen LogP contribution in [0.5, 0.6) is 11.5 Å². The Morgan fingerprint density at radius 3 is 2.36 bits per heavy atom. The van der Waals surface area contributed by atoms with Crippen molar-refractivity contribution in [2.24, 2.45) is 7.05 Å². The fourth-order valence-electron chi connectivity index (χ4n) is 7.80. The molecule has 2 aromatic heterocycles. The van der Waals surface area contributed by atoms with Gasteiger partial charge in [0.15, 0.2) is 0 Å². The number of aromatic nitrogens is 2. The summed E-state index contributed by atoms with van der Waals surface area (Å²) in [4.78, 5) is 45.8. The van der Waals surface area contributed by atoms with Gasteiger partial charge < -0.3 is 24.3 Å². The van der Waals surface area contributed by atoms with Crippen LogP contribution in [0.1, 0.15) is 24.8 Å². The number of benzene rings is 2. The van der Waals surface area contributed by atoms with Crippen molar-refractivity contribution in [3.63, 3.8) is 0 Å². The number of halogens is 3. The number of hydrogen-bond donors (Lipinski definition) is 2. The Kier molecular flexibility index (Phi) is 10.0. The van der Waals surface area contributed by atoms with Gasteiger partial charge in [-0.1, -0.05) is 0 Å². The van der Waals surface area contributed by atoms with E-state index >= 15 is 13.2 Å².